The Bertz CT molecular complexity index is 2070. The van der Waals surface area contributed by atoms with Crippen molar-refractivity contribution in [2.24, 2.45) is 0 Å². The van der Waals surface area contributed by atoms with Crippen LogP contribution in [-0.4, -0.2) is 25.0 Å². The first-order valence-corrected chi connectivity index (χ1v) is 17.7. The summed E-state index contributed by atoms with van der Waals surface area (Å²) in [7, 11) is 1.31. The van der Waals surface area contributed by atoms with Crippen LogP contribution in [-0.2, 0) is 35.8 Å². The molecule has 1 atom stereocenters. The minimum absolute atomic E-state index is 0.150. The fraction of sp³-hybridized carbons (Fsp3) is 0.136. The smallest absolute Gasteiger partial charge is 0.328 e. The molecule has 8 heteroatoms. The van der Waals surface area contributed by atoms with Crippen molar-refractivity contribution in [2.75, 3.05) is 7.11 Å². The van der Waals surface area contributed by atoms with E-state index in [4.69, 9.17) is 18.9 Å². The molecule has 0 radical (unpaired) electrons. The number of nitrogens with one attached hydrogen (secondary N) is 1. The maximum Gasteiger partial charge on any atom is 0.328 e. The normalized spacial score (nSPS) is 11.3. The summed E-state index contributed by atoms with van der Waals surface area (Å²) >= 11 is 3.48. The van der Waals surface area contributed by atoms with Gasteiger partial charge in [-0.3, -0.25) is 4.79 Å². The van der Waals surface area contributed by atoms with E-state index in [-0.39, 0.29) is 18.6 Å². The van der Waals surface area contributed by atoms with E-state index < -0.39 is 17.9 Å². The van der Waals surface area contributed by atoms with Crippen LogP contribution in [0.4, 0.5) is 0 Å². The van der Waals surface area contributed by atoms with Gasteiger partial charge in [-0.1, -0.05) is 137 Å². The Labute approximate surface area is 312 Å². The van der Waals surface area contributed by atoms with Crippen molar-refractivity contribution in [3.63, 3.8) is 0 Å². The van der Waals surface area contributed by atoms with Gasteiger partial charge in [0.05, 0.1) is 12.7 Å². The van der Waals surface area contributed by atoms with Crippen LogP contribution in [0.5, 0.6) is 17.2 Å². The Morgan fingerprint density at radius 2 is 1.08 bits per heavy atom. The molecule has 6 aromatic carbocycles. The van der Waals surface area contributed by atoms with Crippen LogP contribution in [0.1, 0.15) is 32.6 Å². The van der Waals surface area contributed by atoms with Crippen LogP contribution >= 0.6 is 15.9 Å². The van der Waals surface area contributed by atoms with Gasteiger partial charge >= 0.3 is 5.97 Å². The fourth-order valence-corrected chi connectivity index (χ4v) is 5.94. The van der Waals surface area contributed by atoms with Gasteiger partial charge in [-0.05, 0) is 63.7 Å². The topological polar surface area (TPSA) is 83.1 Å². The number of esters is 1. The van der Waals surface area contributed by atoms with Crippen molar-refractivity contribution in [2.45, 2.75) is 32.3 Å². The SMILES string of the molecule is COC(=O)[C@H](Cc1ccc(-c2ccccc2)cc1)NC(=O)c1cc(Br)ccc1OCc1ccc(OCc2ccccc2)c(OCc2ccccc2)c1. The number of hydrogen-bond donors (Lipinski definition) is 1. The first kappa shape index (κ1) is 35.9. The molecule has 0 aliphatic carbocycles. The van der Waals surface area contributed by atoms with Crippen LogP contribution < -0.4 is 19.5 Å². The minimum Gasteiger partial charge on any atom is -0.488 e. The van der Waals surface area contributed by atoms with Crippen LogP contribution in [0.25, 0.3) is 11.1 Å². The second-order valence-electron chi connectivity index (χ2n) is 12.1. The largest absolute Gasteiger partial charge is 0.488 e. The van der Waals surface area contributed by atoms with Crippen LogP contribution in [0.2, 0.25) is 0 Å². The third-order valence-corrected chi connectivity index (χ3v) is 8.85. The molecule has 0 spiro atoms. The van der Waals surface area contributed by atoms with Gasteiger partial charge < -0.3 is 24.3 Å². The summed E-state index contributed by atoms with van der Waals surface area (Å²) < 4.78 is 24.4. The molecular formula is C44H38BrNO6. The number of ether oxygens (including phenoxy) is 4. The van der Waals surface area contributed by atoms with Gasteiger partial charge in [0, 0.05) is 10.9 Å². The lowest BCUT2D eigenvalue weighted by molar-refractivity contribution is -0.142. The highest BCUT2D eigenvalue weighted by atomic mass is 79.9. The molecule has 1 N–H and O–H groups in total. The standard InChI is InChI=1S/C44H38BrNO6/c1-49-44(48)39(25-31-17-20-36(21-18-31)35-15-9-4-10-16-35)46-43(47)38-27-37(45)22-24-40(38)50-30-34-19-23-41(51-28-32-11-5-2-6-12-32)42(26-34)52-29-33-13-7-3-8-14-33/h2-24,26-27,39H,25,28-30H2,1H3,(H,46,47)/t39-/m0/s1. The zero-order valence-corrected chi connectivity index (χ0v) is 30.3. The highest BCUT2D eigenvalue weighted by Gasteiger charge is 2.25. The Kier molecular flexibility index (Phi) is 12.4. The molecule has 0 bridgehead atoms. The van der Waals surface area contributed by atoms with Gasteiger partial charge in [-0.25, -0.2) is 4.79 Å². The third-order valence-electron chi connectivity index (χ3n) is 8.35. The van der Waals surface area contributed by atoms with Gasteiger partial charge in [0.1, 0.15) is 31.6 Å². The highest BCUT2D eigenvalue weighted by Crippen LogP contribution is 2.32. The fourth-order valence-electron chi connectivity index (χ4n) is 5.58. The van der Waals surface area contributed by atoms with E-state index in [0.717, 1.165) is 33.4 Å². The summed E-state index contributed by atoms with van der Waals surface area (Å²) in [4.78, 5) is 26.6. The summed E-state index contributed by atoms with van der Waals surface area (Å²) in [5.74, 6) is 0.524. The summed E-state index contributed by atoms with van der Waals surface area (Å²) in [6.07, 6.45) is 0.252. The summed E-state index contributed by atoms with van der Waals surface area (Å²) in [5.41, 5.74) is 6.18. The van der Waals surface area contributed by atoms with E-state index in [1.54, 1.807) is 18.2 Å². The predicted octanol–water partition coefficient (Wildman–Crippen LogP) is 9.37. The number of amides is 1. The first-order chi connectivity index (χ1) is 25.4. The third kappa shape index (κ3) is 9.89. The van der Waals surface area contributed by atoms with Gasteiger partial charge in [0.15, 0.2) is 11.5 Å². The van der Waals surface area contributed by atoms with Gasteiger partial charge in [-0.2, -0.15) is 0 Å². The van der Waals surface area contributed by atoms with Gasteiger partial charge in [0.2, 0.25) is 0 Å². The average molecular weight is 757 g/mol. The number of methoxy groups -OCH3 is 1. The van der Waals surface area contributed by atoms with Crippen LogP contribution in [0.15, 0.2) is 156 Å². The maximum absolute atomic E-state index is 13.7. The summed E-state index contributed by atoms with van der Waals surface area (Å²) in [6.45, 7) is 0.903. The van der Waals surface area contributed by atoms with E-state index in [1.165, 1.54) is 7.11 Å². The van der Waals surface area contributed by atoms with Crippen molar-refractivity contribution >= 4 is 27.8 Å². The van der Waals surface area contributed by atoms with E-state index in [2.05, 4.69) is 21.2 Å². The number of carbonyl (C=O) groups excluding carboxylic acids is 2. The number of rotatable bonds is 15. The number of halogens is 1. The molecule has 262 valence electrons. The lowest BCUT2D eigenvalue weighted by Crippen LogP contribution is -2.43. The lowest BCUT2D eigenvalue weighted by Gasteiger charge is -2.19. The first-order valence-electron chi connectivity index (χ1n) is 16.9. The Morgan fingerprint density at radius 1 is 0.558 bits per heavy atom. The Morgan fingerprint density at radius 3 is 1.71 bits per heavy atom. The van der Waals surface area contributed by atoms with E-state index in [1.807, 2.05) is 133 Å². The second kappa shape index (κ2) is 17.9. The summed E-state index contributed by atoms with van der Waals surface area (Å²) in [6, 6.07) is 47.7. The van der Waals surface area contributed by atoms with Gasteiger partial charge in [0.25, 0.3) is 5.91 Å². The molecule has 0 unspecified atom stereocenters. The number of carbonyl (C=O) groups is 2. The number of benzene rings is 6. The molecule has 52 heavy (non-hydrogen) atoms. The predicted molar refractivity (Wildman–Crippen MR) is 205 cm³/mol. The average Bonchev–Trinajstić information content (AvgIpc) is 3.20. The quantitative estimate of drug-likeness (QED) is 0.105. The maximum atomic E-state index is 13.7. The van der Waals surface area contributed by atoms with Crippen molar-refractivity contribution in [1.82, 2.24) is 5.32 Å². The molecule has 7 nitrogen and oxygen atoms in total. The molecule has 0 aliphatic heterocycles. The van der Waals surface area contributed by atoms with Crippen molar-refractivity contribution in [3.8, 4) is 28.4 Å². The van der Waals surface area contributed by atoms with Gasteiger partial charge in [-0.15, -0.1) is 0 Å². The van der Waals surface area contributed by atoms with Crippen molar-refractivity contribution < 1.29 is 28.5 Å². The minimum atomic E-state index is -0.917. The van der Waals surface area contributed by atoms with E-state index in [9.17, 15) is 9.59 Å². The molecule has 0 heterocycles. The van der Waals surface area contributed by atoms with Crippen molar-refractivity contribution in [1.29, 1.82) is 0 Å². The molecular weight excluding hydrogens is 718 g/mol. The van der Waals surface area contributed by atoms with E-state index >= 15 is 0 Å². The van der Waals surface area contributed by atoms with Crippen molar-refractivity contribution in [3.05, 3.63) is 184 Å². The Balaban J connectivity index is 1.16. The second-order valence-corrected chi connectivity index (χ2v) is 13.0. The molecule has 6 rings (SSSR count). The molecule has 0 fully saturated rings. The van der Waals surface area contributed by atoms with Crippen LogP contribution in [0.3, 0.4) is 0 Å². The Hall–Kier alpha value is -5.86. The van der Waals surface area contributed by atoms with E-state index in [0.29, 0.717) is 34.9 Å². The molecule has 0 saturated carbocycles. The zero-order valence-electron chi connectivity index (χ0n) is 28.7. The number of hydrogen-bond acceptors (Lipinski definition) is 6. The molecule has 6 aromatic rings. The highest BCUT2D eigenvalue weighted by molar-refractivity contribution is 9.10. The zero-order chi connectivity index (χ0) is 36.1. The monoisotopic (exact) mass is 755 g/mol. The lowest BCUT2D eigenvalue weighted by atomic mass is 10.0. The molecule has 0 aliphatic rings. The molecule has 0 saturated heterocycles. The molecule has 0 aromatic heterocycles. The summed E-state index contributed by atoms with van der Waals surface area (Å²) in [5, 5.41) is 2.87. The molecule has 1 amide bonds. The van der Waals surface area contributed by atoms with Crippen LogP contribution in [0, 0.1) is 0 Å².